The quantitative estimate of drug-likeness (QED) is 0.607. The van der Waals surface area contributed by atoms with E-state index >= 15 is 0 Å². The van der Waals surface area contributed by atoms with Crippen molar-refractivity contribution in [2.45, 2.75) is 0 Å². The number of ether oxygens (including phenoxy) is 2. The van der Waals surface area contributed by atoms with Crippen molar-refractivity contribution in [1.82, 2.24) is 0 Å². The van der Waals surface area contributed by atoms with E-state index in [0.717, 1.165) is 0 Å². The van der Waals surface area contributed by atoms with Crippen LogP contribution in [0.3, 0.4) is 0 Å². The summed E-state index contributed by atoms with van der Waals surface area (Å²) < 4.78 is 9.78. The fraction of sp³-hybridized carbons (Fsp3) is 0.133. The van der Waals surface area contributed by atoms with Crippen LogP contribution in [0.2, 0.25) is 0 Å². The van der Waals surface area contributed by atoms with E-state index in [4.69, 9.17) is 14.3 Å². The SMILES string of the molecule is C=CCOC(=O)c1ccccc1C(=O)OCC=C.NC(N)=O. The molecule has 0 aliphatic carbocycles. The van der Waals surface area contributed by atoms with E-state index in [-0.39, 0.29) is 24.3 Å². The normalized spacial score (nSPS) is 8.73. The molecule has 2 amide bonds. The van der Waals surface area contributed by atoms with Crippen LogP contribution in [-0.2, 0) is 9.47 Å². The summed E-state index contributed by atoms with van der Waals surface area (Å²) in [6, 6.07) is 5.48. The van der Waals surface area contributed by atoms with E-state index in [9.17, 15) is 9.59 Å². The minimum Gasteiger partial charge on any atom is -0.458 e. The van der Waals surface area contributed by atoms with E-state index in [1.54, 1.807) is 12.1 Å². The highest BCUT2D eigenvalue weighted by Crippen LogP contribution is 2.12. The zero-order valence-corrected chi connectivity index (χ0v) is 12.0. The van der Waals surface area contributed by atoms with Gasteiger partial charge in [-0.15, -0.1) is 0 Å². The van der Waals surface area contributed by atoms with Crippen LogP contribution in [-0.4, -0.2) is 31.2 Å². The van der Waals surface area contributed by atoms with Crippen molar-refractivity contribution < 1.29 is 23.9 Å². The molecular formula is C15H18N2O5. The molecular weight excluding hydrogens is 288 g/mol. The molecule has 1 rings (SSSR count). The van der Waals surface area contributed by atoms with Gasteiger partial charge in [0.1, 0.15) is 13.2 Å². The second kappa shape index (κ2) is 10.7. The number of amides is 2. The molecule has 22 heavy (non-hydrogen) atoms. The minimum absolute atomic E-state index is 0.0921. The molecule has 4 N–H and O–H groups in total. The maximum atomic E-state index is 11.7. The summed E-state index contributed by atoms with van der Waals surface area (Å²) in [5, 5.41) is 0. The van der Waals surface area contributed by atoms with Gasteiger partial charge in [-0.05, 0) is 12.1 Å². The molecule has 7 nitrogen and oxygen atoms in total. The highest BCUT2D eigenvalue weighted by molar-refractivity contribution is 6.03. The van der Waals surface area contributed by atoms with E-state index < -0.39 is 18.0 Å². The molecule has 0 atom stereocenters. The average molecular weight is 306 g/mol. The molecule has 0 saturated carbocycles. The predicted octanol–water partition coefficient (Wildman–Crippen LogP) is 1.40. The summed E-state index contributed by atoms with van der Waals surface area (Å²) in [5.74, 6) is -1.16. The summed E-state index contributed by atoms with van der Waals surface area (Å²) >= 11 is 0. The van der Waals surface area contributed by atoms with Gasteiger partial charge in [-0.2, -0.15) is 0 Å². The number of urea groups is 1. The first-order valence-corrected chi connectivity index (χ1v) is 6.14. The van der Waals surface area contributed by atoms with Crippen molar-refractivity contribution in [2.75, 3.05) is 13.2 Å². The molecule has 0 spiro atoms. The Labute approximate surface area is 128 Å². The third kappa shape index (κ3) is 7.49. The first-order chi connectivity index (χ1) is 10.4. The summed E-state index contributed by atoms with van der Waals surface area (Å²) in [7, 11) is 0. The molecule has 7 heteroatoms. The molecule has 0 unspecified atom stereocenters. The van der Waals surface area contributed by atoms with Gasteiger partial charge in [-0.25, -0.2) is 14.4 Å². The van der Waals surface area contributed by atoms with Gasteiger partial charge in [0.05, 0.1) is 11.1 Å². The number of hydrogen-bond acceptors (Lipinski definition) is 5. The zero-order valence-electron chi connectivity index (χ0n) is 12.0. The lowest BCUT2D eigenvalue weighted by Gasteiger charge is -2.07. The second-order valence-corrected chi connectivity index (χ2v) is 3.72. The van der Waals surface area contributed by atoms with E-state index in [1.807, 2.05) is 0 Å². The monoisotopic (exact) mass is 306 g/mol. The largest absolute Gasteiger partial charge is 0.458 e. The van der Waals surface area contributed by atoms with Gasteiger partial charge in [0.25, 0.3) is 0 Å². The van der Waals surface area contributed by atoms with Gasteiger partial charge >= 0.3 is 18.0 Å². The second-order valence-electron chi connectivity index (χ2n) is 3.72. The Morgan fingerprint density at radius 1 is 0.909 bits per heavy atom. The fourth-order valence-corrected chi connectivity index (χ4v) is 1.26. The topological polar surface area (TPSA) is 122 Å². The van der Waals surface area contributed by atoms with Crippen molar-refractivity contribution >= 4 is 18.0 Å². The Balaban J connectivity index is 0.000000980. The molecule has 0 bridgehead atoms. The lowest BCUT2D eigenvalue weighted by atomic mass is 10.1. The molecule has 1 aromatic rings. The number of primary amides is 2. The Kier molecular flexibility index (Phi) is 9.17. The van der Waals surface area contributed by atoms with Crippen LogP contribution in [0.25, 0.3) is 0 Å². The van der Waals surface area contributed by atoms with Crippen molar-refractivity contribution in [1.29, 1.82) is 0 Å². The number of hydrogen-bond donors (Lipinski definition) is 2. The number of rotatable bonds is 6. The Bertz CT molecular complexity index is 508. The Hall–Kier alpha value is -3.09. The van der Waals surface area contributed by atoms with Crippen LogP contribution >= 0.6 is 0 Å². The van der Waals surface area contributed by atoms with Crippen LogP contribution in [0, 0.1) is 0 Å². The zero-order chi connectivity index (χ0) is 17.0. The van der Waals surface area contributed by atoms with E-state index in [0.29, 0.717) is 0 Å². The lowest BCUT2D eigenvalue weighted by Crippen LogP contribution is -2.18. The number of esters is 2. The highest BCUT2D eigenvalue weighted by Gasteiger charge is 2.18. The van der Waals surface area contributed by atoms with E-state index in [1.165, 1.54) is 24.3 Å². The van der Waals surface area contributed by atoms with Gasteiger partial charge < -0.3 is 20.9 Å². The third-order valence-corrected chi connectivity index (χ3v) is 2.03. The standard InChI is InChI=1S/C14H14O4.CH4N2O/c1-3-9-17-13(15)11-7-5-6-8-12(11)14(16)18-10-4-2;2-1(3)4/h3-8H,1-2,9-10H2;(H4,2,3,4). The molecule has 0 saturated heterocycles. The van der Waals surface area contributed by atoms with Gasteiger partial charge in [-0.1, -0.05) is 37.4 Å². The first kappa shape index (κ1) is 18.9. The first-order valence-electron chi connectivity index (χ1n) is 6.14. The van der Waals surface area contributed by atoms with Crippen molar-refractivity contribution in [3.8, 4) is 0 Å². The van der Waals surface area contributed by atoms with E-state index in [2.05, 4.69) is 24.6 Å². The molecule has 0 radical (unpaired) electrons. The Morgan fingerprint density at radius 2 is 1.23 bits per heavy atom. The summed E-state index contributed by atoms with van der Waals surface area (Å²) in [4.78, 5) is 32.4. The van der Waals surface area contributed by atoms with Gasteiger partial charge in [0, 0.05) is 0 Å². The third-order valence-electron chi connectivity index (χ3n) is 2.03. The smallest absolute Gasteiger partial charge is 0.339 e. The molecule has 0 aromatic heterocycles. The van der Waals surface area contributed by atoms with Gasteiger partial charge in [0.15, 0.2) is 0 Å². The molecule has 1 aromatic carbocycles. The molecule has 0 fully saturated rings. The maximum Gasteiger partial charge on any atom is 0.339 e. The van der Waals surface area contributed by atoms with Crippen molar-refractivity contribution in [3.05, 3.63) is 60.7 Å². The molecule has 0 aliphatic rings. The van der Waals surface area contributed by atoms with Crippen molar-refractivity contribution in [2.24, 2.45) is 11.5 Å². The average Bonchev–Trinajstić information content (AvgIpc) is 2.49. The van der Waals surface area contributed by atoms with Crippen LogP contribution in [0.1, 0.15) is 20.7 Å². The molecule has 118 valence electrons. The molecule has 0 heterocycles. The number of nitrogens with two attached hydrogens (primary N) is 2. The Morgan fingerprint density at radius 3 is 1.50 bits per heavy atom. The van der Waals surface area contributed by atoms with Gasteiger partial charge in [-0.3, -0.25) is 0 Å². The minimum atomic E-state index is -0.833. The fourth-order valence-electron chi connectivity index (χ4n) is 1.26. The summed E-state index contributed by atoms with van der Waals surface area (Å²) in [5.41, 5.74) is 8.85. The number of carbonyl (C=O) groups is 3. The van der Waals surface area contributed by atoms with Crippen LogP contribution in [0.15, 0.2) is 49.6 Å². The highest BCUT2D eigenvalue weighted by atomic mass is 16.5. The number of benzene rings is 1. The van der Waals surface area contributed by atoms with Crippen LogP contribution in [0.5, 0.6) is 0 Å². The molecule has 0 aliphatic heterocycles. The summed E-state index contributed by atoms with van der Waals surface area (Å²) in [6.07, 6.45) is 2.91. The van der Waals surface area contributed by atoms with Gasteiger partial charge in [0.2, 0.25) is 0 Å². The van der Waals surface area contributed by atoms with Crippen LogP contribution < -0.4 is 11.5 Å². The number of carbonyl (C=O) groups excluding carboxylic acids is 3. The summed E-state index contributed by atoms with van der Waals surface area (Å²) in [6.45, 7) is 7.07. The lowest BCUT2D eigenvalue weighted by molar-refractivity contribution is 0.0503. The van der Waals surface area contributed by atoms with Crippen LogP contribution in [0.4, 0.5) is 4.79 Å². The maximum absolute atomic E-state index is 11.7. The predicted molar refractivity (Wildman–Crippen MR) is 81.2 cm³/mol. The van der Waals surface area contributed by atoms with Crippen molar-refractivity contribution in [3.63, 3.8) is 0 Å².